The minimum absolute atomic E-state index is 0.161. The van der Waals surface area contributed by atoms with Crippen molar-refractivity contribution in [2.75, 3.05) is 4.90 Å². The van der Waals surface area contributed by atoms with Crippen LogP contribution < -0.4 is 10.4 Å². The van der Waals surface area contributed by atoms with Crippen molar-refractivity contribution < 1.29 is 0 Å². The van der Waals surface area contributed by atoms with Crippen molar-refractivity contribution in [3.63, 3.8) is 0 Å². The first-order valence-electron chi connectivity index (χ1n) is 7.98. The van der Waals surface area contributed by atoms with Crippen LogP contribution in [-0.2, 0) is 6.54 Å². The molecule has 2 aromatic heterocycles. The molecular formula is C19H20N6. The molecule has 25 heavy (non-hydrogen) atoms. The summed E-state index contributed by atoms with van der Waals surface area (Å²) >= 11 is 0. The average Bonchev–Trinajstić information content (AvgIpc) is 2.61. The van der Waals surface area contributed by atoms with E-state index < -0.39 is 0 Å². The second kappa shape index (κ2) is 7.09. The lowest BCUT2D eigenvalue weighted by Crippen LogP contribution is -2.32. The van der Waals surface area contributed by atoms with E-state index in [-0.39, 0.29) is 11.3 Å². The Kier molecular flexibility index (Phi) is 4.70. The first-order chi connectivity index (χ1) is 12.1. The summed E-state index contributed by atoms with van der Waals surface area (Å²) in [5.41, 5.74) is 2.34. The topological polar surface area (TPSA) is 81.7 Å². The van der Waals surface area contributed by atoms with E-state index in [9.17, 15) is 0 Å². The van der Waals surface area contributed by atoms with Crippen molar-refractivity contribution in [1.82, 2.24) is 14.5 Å². The quantitative estimate of drug-likeness (QED) is 0.568. The number of anilines is 2. The van der Waals surface area contributed by atoms with Gasteiger partial charge in [-0.05, 0) is 37.1 Å². The molecule has 0 aliphatic carbocycles. The zero-order valence-corrected chi connectivity index (χ0v) is 14.3. The molecule has 6 nitrogen and oxygen atoms in total. The van der Waals surface area contributed by atoms with E-state index in [2.05, 4.69) is 9.97 Å². The molecule has 0 radical (unpaired) electrons. The number of aryl methyl sites for hydroxylation is 1. The molecule has 0 spiro atoms. The predicted octanol–water partition coefficient (Wildman–Crippen LogP) is 3.25. The van der Waals surface area contributed by atoms with E-state index in [0.29, 0.717) is 12.4 Å². The van der Waals surface area contributed by atoms with E-state index in [4.69, 9.17) is 10.8 Å². The van der Waals surface area contributed by atoms with Crippen molar-refractivity contribution in [3.8, 4) is 0 Å². The van der Waals surface area contributed by atoms with Crippen LogP contribution >= 0.6 is 0 Å². The summed E-state index contributed by atoms with van der Waals surface area (Å²) in [5, 5.41) is 16.3. The highest BCUT2D eigenvalue weighted by molar-refractivity contribution is 5.79. The molecule has 0 aliphatic heterocycles. The minimum atomic E-state index is 0.161. The Labute approximate surface area is 146 Å². The van der Waals surface area contributed by atoms with Gasteiger partial charge in [-0.3, -0.25) is 15.4 Å². The van der Waals surface area contributed by atoms with Gasteiger partial charge in [0.25, 0.3) is 0 Å². The molecule has 3 aromatic rings. The number of pyridine rings is 1. The highest BCUT2D eigenvalue weighted by atomic mass is 15.3. The zero-order chi connectivity index (χ0) is 17.8. The molecule has 0 amide bonds. The Bertz CT molecular complexity index is 945. The molecule has 0 saturated heterocycles. The first kappa shape index (κ1) is 16.6. The monoisotopic (exact) mass is 332 g/mol. The van der Waals surface area contributed by atoms with Crippen LogP contribution in [0.25, 0.3) is 0 Å². The van der Waals surface area contributed by atoms with Gasteiger partial charge in [0.05, 0.1) is 6.54 Å². The maximum Gasteiger partial charge on any atom is 0.178 e. The molecule has 2 N–H and O–H groups in total. The molecule has 0 aliphatic rings. The Morgan fingerprint density at radius 3 is 2.56 bits per heavy atom. The Balaban J connectivity index is 2.13. The van der Waals surface area contributed by atoms with Crippen LogP contribution in [0.5, 0.6) is 0 Å². The maximum absolute atomic E-state index is 8.47. The van der Waals surface area contributed by atoms with Gasteiger partial charge in [0.15, 0.2) is 11.3 Å². The number of hydrogen-bond donors (Lipinski definition) is 2. The smallest absolute Gasteiger partial charge is 0.178 e. The molecule has 2 heterocycles. The fourth-order valence-electron chi connectivity index (χ4n) is 2.59. The summed E-state index contributed by atoms with van der Waals surface area (Å²) in [4.78, 5) is 10.8. The van der Waals surface area contributed by atoms with E-state index in [1.165, 1.54) is 4.57 Å². The van der Waals surface area contributed by atoms with Crippen molar-refractivity contribution in [2.45, 2.75) is 20.4 Å². The molecule has 0 unspecified atom stereocenters. The van der Waals surface area contributed by atoms with Crippen LogP contribution in [0, 0.1) is 17.7 Å². The second-order valence-corrected chi connectivity index (χ2v) is 5.82. The number of aromatic nitrogens is 3. The summed E-state index contributed by atoms with van der Waals surface area (Å²) in [6.45, 7) is 4.19. The molecule has 0 atom stereocenters. The number of benzene rings is 1. The predicted molar refractivity (Wildman–Crippen MR) is 98.1 cm³/mol. The molecule has 3 rings (SSSR count). The number of nitrogens with zero attached hydrogens (tertiary/aromatic N) is 4. The van der Waals surface area contributed by atoms with E-state index in [0.717, 1.165) is 16.9 Å². The third kappa shape index (κ3) is 3.63. The number of hydrogen-bond acceptors (Lipinski definition) is 5. The van der Waals surface area contributed by atoms with Crippen molar-refractivity contribution >= 4 is 17.5 Å². The molecule has 0 saturated carbocycles. The largest absolute Gasteiger partial charge is 0.303 e. The Hall–Kier alpha value is -3.28. The van der Waals surface area contributed by atoms with Crippen molar-refractivity contribution in [2.24, 2.45) is 0 Å². The van der Waals surface area contributed by atoms with E-state index in [1.807, 2.05) is 54.3 Å². The number of nitrogens with one attached hydrogen (secondary N) is 2. The molecule has 0 bridgehead atoms. The summed E-state index contributed by atoms with van der Waals surface area (Å²) in [5.74, 6) is 1.46. The van der Waals surface area contributed by atoms with Gasteiger partial charge in [-0.2, -0.15) is 0 Å². The van der Waals surface area contributed by atoms with Crippen LogP contribution in [0.3, 0.4) is 0 Å². The summed E-state index contributed by atoms with van der Waals surface area (Å²) in [6, 6.07) is 13.9. The first-order valence-corrected chi connectivity index (χ1v) is 7.98. The van der Waals surface area contributed by atoms with Gasteiger partial charge in [-0.25, -0.2) is 9.97 Å². The summed E-state index contributed by atoms with van der Waals surface area (Å²) < 4.78 is 1.50. The van der Waals surface area contributed by atoms with E-state index in [1.54, 1.807) is 25.5 Å². The SMILES string of the molecule is CC(=N)n1ccnc(N(Cc2ccccc2)c2cc(C)ccn2)c1=N. The maximum atomic E-state index is 8.47. The van der Waals surface area contributed by atoms with Crippen molar-refractivity contribution in [3.05, 3.63) is 77.7 Å². The van der Waals surface area contributed by atoms with Crippen molar-refractivity contribution in [1.29, 1.82) is 10.8 Å². The van der Waals surface area contributed by atoms with Gasteiger partial charge in [0.2, 0.25) is 0 Å². The molecular weight excluding hydrogens is 312 g/mol. The van der Waals surface area contributed by atoms with Crippen LogP contribution in [0.15, 0.2) is 61.1 Å². The average molecular weight is 332 g/mol. The van der Waals surface area contributed by atoms with Gasteiger partial charge in [0, 0.05) is 18.6 Å². The van der Waals surface area contributed by atoms with Gasteiger partial charge in [-0.15, -0.1) is 0 Å². The summed E-state index contributed by atoms with van der Waals surface area (Å²) in [6.07, 6.45) is 4.99. The molecule has 1 aromatic carbocycles. The highest BCUT2D eigenvalue weighted by Gasteiger charge is 2.16. The van der Waals surface area contributed by atoms with Crippen LogP contribution in [-0.4, -0.2) is 20.4 Å². The van der Waals surface area contributed by atoms with Crippen LogP contribution in [0.2, 0.25) is 0 Å². The van der Waals surface area contributed by atoms with Gasteiger partial charge in [0.1, 0.15) is 11.7 Å². The normalized spacial score (nSPS) is 10.5. The number of rotatable bonds is 4. The van der Waals surface area contributed by atoms with E-state index >= 15 is 0 Å². The van der Waals surface area contributed by atoms with Crippen LogP contribution in [0.4, 0.5) is 11.6 Å². The fourth-order valence-corrected chi connectivity index (χ4v) is 2.59. The minimum Gasteiger partial charge on any atom is -0.303 e. The van der Waals surface area contributed by atoms with Crippen LogP contribution in [0.1, 0.15) is 18.1 Å². The molecule has 0 fully saturated rings. The fraction of sp³-hybridized carbons (Fsp3) is 0.158. The molecule has 6 heteroatoms. The molecule has 126 valence electrons. The lowest BCUT2D eigenvalue weighted by atomic mass is 10.2. The second-order valence-electron chi connectivity index (χ2n) is 5.82. The van der Waals surface area contributed by atoms with Gasteiger partial charge < -0.3 is 4.90 Å². The Morgan fingerprint density at radius 2 is 1.88 bits per heavy atom. The highest BCUT2D eigenvalue weighted by Crippen LogP contribution is 2.22. The zero-order valence-electron chi connectivity index (χ0n) is 14.3. The lowest BCUT2D eigenvalue weighted by Gasteiger charge is -2.24. The third-order valence-electron chi connectivity index (χ3n) is 3.84. The van der Waals surface area contributed by atoms with Gasteiger partial charge in [-0.1, -0.05) is 30.3 Å². The standard InChI is InChI=1S/C19H20N6/c1-14-8-9-22-17(12-14)25(13-16-6-4-3-5-7-16)19-18(21)24(15(2)20)11-10-23-19/h3-12,20-21H,13H2,1-2H3. The Morgan fingerprint density at radius 1 is 1.12 bits per heavy atom. The summed E-state index contributed by atoms with van der Waals surface area (Å²) in [7, 11) is 0. The van der Waals surface area contributed by atoms with Gasteiger partial charge >= 0.3 is 0 Å². The lowest BCUT2D eigenvalue weighted by molar-refractivity contribution is 0.853. The third-order valence-corrected chi connectivity index (χ3v) is 3.84.